The summed E-state index contributed by atoms with van der Waals surface area (Å²) in [4.78, 5) is 11.2. The van der Waals surface area contributed by atoms with Gasteiger partial charge in [0.15, 0.2) is 5.76 Å². The zero-order valence-corrected chi connectivity index (χ0v) is 10.0. The van der Waals surface area contributed by atoms with E-state index < -0.39 is 5.97 Å². The summed E-state index contributed by atoms with van der Waals surface area (Å²) in [5.41, 5.74) is 1.48. The van der Waals surface area contributed by atoms with Crippen molar-refractivity contribution in [2.24, 2.45) is 0 Å². The topological polar surface area (TPSA) is 63.3 Å². The zero-order chi connectivity index (χ0) is 13.3. The molecule has 0 amide bonds. The largest absolute Gasteiger partial charge is 0.477 e. The maximum atomic E-state index is 13.0. The van der Waals surface area contributed by atoms with E-state index in [2.05, 4.69) is 5.16 Å². The number of aromatic carboxylic acids is 1. The average Bonchev–Trinajstić information content (AvgIpc) is 2.72. The van der Waals surface area contributed by atoms with Crippen molar-refractivity contribution in [3.05, 3.63) is 40.9 Å². The number of aryl methyl sites for hydroxylation is 2. The fourth-order valence-corrected chi connectivity index (χ4v) is 1.86. The van der Waals surface area contributed by atoms with Crippen molar-refractivity contribution in [2.75, 3.05) is 0 Å². The molecule has 1 aromatic carbocycles. The lowest BCUT2D eigenvalue weighted by Gasteiger charge is -2.03. The normalized spacial score (nSPS) is 10.6. The predicted molar refractivity (Wildman–Crippen MR) is 63.0 cm³/mol. The number of carbonyl (C=O) groups is 1. The molecule has 0 radical (unpaired) electrons. The van der Waals surface area contributed by atoms with Gasteiger partial charge in [0.05, 0.1) is 0 Å². The van der Waals surface area contributed by atoms with Gasteiger partial charge in [-0.05, 0) is 30.7 Å². The molecule has 0 aliphatic heterocycles. The maximum absolute atomic E-state index is 13.0. The van der Waals surface area contributed by atoms with Gasteiger partial charge >= 0.3 is 5.97 Å². The number of nitrogens with zero attached hydrogens (tertiary/aromatic N) is 1. The molecular formula is C13H12FNO3. The van der Waals surface area contributed by atoms with Crippen LogP contribution >= 0.6 is 0 Å². The number of rotatable bonds is 3. The van der Waals surface area contributed by atoms with Crippen LogP contribution < -0.4 is 0 Å². The van der Waals surface area contributed by atoms with Crippen molar-refractivity contribution in [2.45, 2.75) is 20.3 Å². The number of hydrogen-bond acceptors (Lipinski definition) is 3. The summed E-state index contributed by atoms with van der Waals surface area (Å²) in [6, 6.07) is 4.12. The first-order chi connectivity index (χ1) is 8.54. The van der Waals surface area contributed by atoms with Crippen LogP contribution in [0, 0.1) is 12.7 Å². The Morgan fingerprint density at radius 2 is 2.22 bits per heavy atom. The van der Waals surface area contributed by atoms with Crippen molar-refractivity contribution in [1.82, 2.24) is 5.16 Å². The highest BCUT2D eigenvalue weighted by molar-refractivity contribution is 5.96. The molecule has 0 fully saturated rings. The summed E-state index contributed by atoms with van der Waals surface area (Å²) in [5, 5.41) is 13.0. The number of carboxylic acids is 1. The van der Waals surface area contributed by atoms with Gasteiger partial charge in [0, 0.05) is 12.0 Å². The molecule has 2 aromatic rings. The van der Waals surface area contributed by atoms with Crippen LogP contribution in [0.3, 0.4) is 0 Å². The maximum Gasteiger partial charge on any atom is 0.341 e. The van der Waals surface area contributed by atoms with Gasteiger partial charge in [-0.15, -0.1) is 0 Å². The molecule has 5 heteroatoms. The van der Waals surface area contributed by atoms with Gasteiger partial charge in [-0.3, -0.25) is 0 Å². The minimum Gasteiger partial charge on any atom is -0.477 e. The molecule has 0 aliphatic carbocycles. The number of halogens is 1. The fourth-order valence-electron chi connectivity index (χ4n) is 1.86. The lowest BCUT2D eigenvalue weighted by atomic mass is 10.0. The molecule has 1 N–H and O–H groups in total. The van der Waals surface area contributed by atoms with Crippen LogP contribution in [0.4, 0.5) is 4.39 Å². The molecule has 0 unspecified atom stereocenters. The molecule has 4 nitrogen and oxygen atoms in total. The predicted octanol–water partition coefficient (Wildman–Crippen LogP) is 3.05. The number of aromatic nitrogens is 1. The Hall–Kier alpha value is -2.17. The molecule has 1 heterocycles. The van der Waals surface area contributed by atoms with E-state index in [0.29, 0.717) is 23.3 Å². The van der Waals surface area contributed by atoms with Crippen molar-refractivity contribution in [3.63, 3.8) is 0 Å². The Morgan fingerprint density at radius 1 is 1.50 bits per heavy atom. The third-order valence-electron chi connectivity index (χ3n) is 2.74. The van der Waals surface area contributed by atoms with Crippen LogP contribution in [-0.4, -0.2) is 16.2 Å². The lowest BCUT2D eigenvalue weighted by Crippen LogP contribution is -2.01. The fraction of sp³-hybridized carbons (Fsp3) is 0.231. The summed E-state index contributed by atoms with van der Waals surface area (Å²) in [6.07, 6.45) is 0.439. The minimum atomic E-state index is -1.09. The highest BCUT2D eigenvalue weighted by Gasteiger charge is 2.23. The van der Waals surface area contributed by atoms with Gasteiger partial charge in [-0.2, -0.15) is 0 Å². The van der Waals surface area contributed by atoms with E-state index in [4.69, 9.17) is 4.52 Å². The highest BCUT2D eigenvalue weighted by atomic mass is 19.1. The smallest absolute Gasteiger partial charge is 0.341 e. The second-order valence-electron chi connectivity index (χ2n) is 3.95. The number of carboxylic acid groups (broad SMARTS) is 1. The quantitative estimate of drug-likeness (QED) is 0.908. The van der Waals surface area contributed by atoms with Gasteiger partial charge in [0.2, 0.25) is 0 Å². The lowest BCUT2D eigenvalue weighted by molar-refractivity contribution is 0.0695. The van der Waals surface area contributed by atoms with Gasteiger partial charge in [-0.25, -0.2) is 9.18 Å². The van der Waals surface area contributed by atoms with Gasteiger partial charge < -0.3 is 9.63 Å². The molecule has 0 bridgehead atoms. The van der Waals surface area contributed by atoms with E-state index in [1.807, 2.05) is 0 Å². The van der Waals surface area contributed by atoms with Crippen molar-refractivity contribution >= 4 is 5.97 Å². The first-order valence-corrected chi connectivity index (χ1v) is 5.53. The van der Waals surface area contributed by atoms with E-state index in [9.17, 15) is 14.3 Å². The van der Waals surface area contributed by atoms with Crippen LogP contribution in [0.1, 0.15) is 28.6 Å². The number of benzene rings is 1. The zero-order valence-electron chi connectivity index (χ0n) is 10.0. The Balaban J connectivity index is 2.64. The molecule has 94 valence electrons. The van der Waals surface area contributed by atoms with Gasteiger partial charge in [0.1, 0.15) is 17.1 Å². The molecule has 1 aromatic heterocycles. The SMILES string of the molecule is CCc1onc(-c2ccc(F)cc2C)c1C(=O)O. The van der Waals surface area contributed by atoms with Crippen LogP contribution in [0.25, 0.3) is 11.3 Å². The van der Waals surface area contributed by atoms with Crippen LogP contribution in [0.15, 0.2) is 22.7 Å². The Labute approximate surface area is 103 Å². The molecule has 0 atom stereocenters. The molecule has 0 spiro atoms. The van der Waals surface area contributed by atoms with Crippen LogP contribution in [0.5, 0.6) is 0 Å². The third kappa shape index (κ3) is 1.99. The minimum absolute atomic E-state index is 0.0483. The van der Waals surface area contributed by atoms with E-state index >= 15 is 0 Å². The monoisotopic (exact) mass is 249 g/mol. The van der Waals surface area contributed by atoms with Gasteiger partial charge in [-0.1, -0.05) is 12.1 Å². The Kier molecular flexibility index (Phi) is 3.14. The second-order valence-corrected chi connectivity index (χ2v) is 3.95. The highest BCUT2D eigenvalue weighted by Crippen LogP contribution is 2.28. The van der Waals surface area contributed by atoms with E-state index in [1.165, 1.54) is 18.2 Å². The molecule has 18 heavy (non-hydrogen) atoms. The third-order valence-corrected chi connectivity index (χ3v) is 2.74. The summed E-state index contributed by atoms with van der Waals surface area (Å²) in [7, 11) is 0. The van der Waals surface area contributed by atoms with E-state index in [-0.39, 0.29) is 17.1 Å². The van der Waals surface area contributed by atoms with E-state index in [0.717, 1.165) is 0 Å². The van der Waals surface area contributed by atoms with Crippen molar-refractivity contribution in [1.29, 1.82) is 0 Å². The summed E-state index contributed by atoms with van der Waals surface area (Å²) in [5.74, 6) is -1.14. The van der Waals surface area contributed by atoms with Crippen LogP contribution in [0.2, 0.25) is 0 Å². The second kappa shape index (κ2) is 4.60. The summed E-state index contributed by atoms with van der Waals surface area (Å²) in [6.45, 7) is 3.48. The van der Waals surface area contributed by atoms with Gasteiger partial charge in [0.25, 0.3) is 0 Å². The molecule has 0 saturated carbocycles. The first-order valence-electron chi connectivity index (χ1n) is 5.53. The molecule has 0 saturated heterocycles. The van der Waals surface area contributed by atoms with E-state index in [1.54, 1.807) is 13.8 Å². The van der Waals surface area contributed by atoms with Crippen molar-refractivity contribution in [3.8, 4) is 11.3 Å². The molecule has 0 aliphatic rings. The first kappa shape index (κ1) is 12.3. The molecule has 2 rings (SSSR count). The number of hydrogen-bond donors (Lipinski definition) is 1. The summed E-state index contributed by atoms with van der Waals surface area (Å²) >= 11 is 0. The standard InChI is InChI=1S/C13H12FNO3/c1-3-10-11(13(16)17)12(15-18-10)9-5-4-8(14)6-7(9)2/h4-6H,3H2,1-2H3,(H,16,17). The Bertz CT molecular complexity index is 604. The summed E-state index contributed by atoms with van der Waals surface area (Å²) < 4.78 is 18.1. The van der Waals surface area contributed by atoms with Crippen LogP contribution in [-0.2, 0) is 6.42 Å². The average molecular weight is 249 g/mol. The Morgan fingerprint density at radius 3 is 2.78 bits per heavy atom. The van der Waals surface area contributed by atoms with Crippen molar-refractivity contribution < 1.29 is 18.8 Å². The molecular weight excluding hydrogens is 237 g/mol.